The summed E-state index contributed by atoms with van der Waals surface area (Å²) in [6, 6.07) is 5.94. The Balaban J connectivity index is 1.31. The summed E-state index contributed by atoms with van der Waals surface area (Å²) in [6.07, 6.45) is 2.31. The number of hydrogen-bond acceptors (Lipinski definition) is 7. The lowest BCUT2D eigenvalue weighted by Crippen LogP contribution is -2.55. The zero-order valence-electron chi connectivity index (χ0n) is 18.6. The van der Waals surface area contributed by atoms with Gasteiger partial charge in [0.15, 0.2) is 5.01 Å². The van der Waals surface area contributed by atoms with Crippen LogP contribution in [0.1, 0.15) is 50.1 Å². The van der Waals surface area contributed by atoms with E-state index in [2.05, 4.69) is 37.7 Å². The maximum atomic E-state index is 13.0. The Kier molecular flexibility index (Phi) is 6.37. The minimum atomic E-state index is -0.427. The molecule has 0 saturated heterocycles. The third-order valence-electron chi connectivity index (χ3n) is 6.55. The third kappa shape index (κ3) is 4.70. The summed E-state index contributed by atoms with van der Waals surface area (Å²) in [5.74, 6) is -0.556. The number of carbonyl (C=O) groups is 2. The quantitative estimate of drug-likeness (QED) is 0.463. The summed E-state index contributed by atoms with van der Waals surface area (Å²) < 4.78 is 0. The van der Waals surface area contributed by atoms with Crippen molar-refractivity contribution in [2.75, 3.05) is 13.6 Å². The standard InChI is InChI=1S/C23H25ClN6O3S/c1-30-7-6-17-20(11-30)34-23(28-17)22(32)26-16-5-3-14(29-33)10-18(16)27-21(31)19-9-12-8-13(24)2-4-15(12)25-19/h2,4,8-9,14,16,18,25H,3,5-7,10-11H2,1H3,(H,26,32)(H,27,31)/t14?,16-,18+/m1/s1. The molecule has 3 heterocycles. The molecule has 3 N–H and O–H groups in total. The fourth-order valence-electron chi connectivity index (χ4n) is 4.70. The third-order valence-corrected chi connectivity index (χ3v) is 7.86. The summed E-state index contributed by atoms with van der Waals surface area (Å²) in [5, 5.41) is 11.1. The van der Waals surface area contributed by atoms with Crippen LogP contribution in [0, 0.1) is 4.91 Å². The van der Waals surface area contributed by atoms with E-state index in [1.165, 1.54) is 11.3 Å². The number of benzene rings is 1. The van der Waals surface area contributed by atoms with E-state index in [1.807, 2.05) is 6.07 Å². The van der Waals surface area contributed by atoms with Crippen LogP contribution in [0.5, 0.6) is 0 Å². The molecule has 178 valence electrons. The average molecular weight is 501 g/mol. The molecule has 1 unspecified atom stereocenters. The van der Waals surface area contributed by atoms with Crippen LogP contribution in [-0.4, -0.2) is 58.4 Å². The van der Waals surface area contributed by atoms with Gasteiger partial charge in [-0.25, -0.2) is 4.98 Å². The molecule has 1 aromatic carbocycles. The van der Waals surface area contributed by atoms with Gasteiger partial charge in [-0.05, 0) is 50.6 Å². The van der Waals surface area contributed by atoms with Crippen molar-refractivity contribution in [1.29, 1.82) is 0 Å². The van der Waals surface area contributed by atoms with Gasteiger partial charge in [-0.1, -0.05) is 16.8 Å². The second-order valence-electron chi connectivity index (χ2n) is 9.02. The molecule has 9 nitrogen and oxygen atoms in total. The largest absolute Gasteiger partial charge is 0.351 e. The number of likely N-dealkylation sites (N-methyl/N-ethyl adjacent to an activating group) is 1. The van der Waals surface area contributed by atoms with Gasteiger partial charge in [0.1, 0.15) is 5.69 Å². The van der Waals surface area contributed by atoms with Gasteiger partial charge in [0.2, 0.25) is 0 Å². The van der Waals surface area contributed by atoms with Crippen LogP contribution < -0.4 is 10.6 Å². The normalized spacial score (nSPS) is 22.8. The van der Waals surface area contributed by atoms with Crippen molar-refractivity contribution in [2.45, 2.75) is 50.4 Å². The zero-order valence-corrected chi connectivity index (χ0v) is 20.2. The number of fused-ring (bicyclic) bond motifs is 2. The first-order chi connectivity index (χ1) is 16.4. The molecule has 3 atom stereocenters. The van der Waals surface area contributed by atoms with Gasteiger partial charge in [0, 0.05) is 46.4 Å². The first kappa shape index (κ1) is 22.9. The number of aromatic amines is 1. The molecule has 3 aromatic rings. The van der Waals surface area contributed by atoms with Crippen LogP contribution in [0.4, 0.5) is 0 Å². The molecule has 2 amide bonds. The summed E-state index contributed by atoms with van der Waals surface area (Å²) in [7, 11) is 2.05. The van der Waals surface area contributed by atoms with Crippen LogP contribution in [0.2, 0.25) is 5.02 Å². The number of carbonyl (C=O) groups excluding carboxylic acids is 2. The number of rotatable bonds is 5. The van der Waals surface area contributed by atoms with Crippen molar-refractivity contribution in [3.05, 3.63) is 55.5 Å². The van der Waals surface area contributed by atoms with Crippen LogP contribution in [-0.2, 0) is 13.0 Å². The molecule has 1 fully saturated rings. The lowest BCUT2D eigenvalue weighted by Gasteiger charge is -2.34. The Hall–Kier alpha value is -2.82. The Labute approximate surface area is 205 Å². The second-order valence-corrected chi connectivity index (χ2v) is 10.5. The number of aromatic nitrogens is 2. The number of H-pyrrole nitrogens is 1. The molecular weight excluding hydrogens is 476 g/mol. The molecule has 2 aromatic heterocycles. The highest BCUT2D eigenvalue weighted by molar-refractivity contribution is 7.13. The average Bonchev–Trinajstić information content (AvgIpc) is 3.43. The molecule has 1 aliphatic carbocycles. The molecule has 0 radical (unpaired) electrons. The minimum absolute atomic E-state index is 0.246. The van der Waals surface area contributed by atoms with Gasteiger partial charge in [0.25, 0.3) is 11.8 Å². The van der Waals surface area contributed by atoms with E-state index in [-0.39, 0.29) is 17.9 Å². The molecule has 2 aliphatic rings. The first-order valence-corrected chi connectivity index (χ1v) is 12.5. The number of amides is 2. The minimum Gasteiger partial charge on any atom is -0.351 e. The van der Waals surface area contributed by atoms with Gasteiger partial charge in [-0.3, -0.25) is 9.59 Å². The van der Waals surface area contributed by atoms with E-state index < -0.39 is 12.1 Å². The van der Waals surface area contributed by atoms with E-state index in [4.69, 9.17) is 11.6 Å². The fraction of sp³-hybridized carbons (Fsp3) is 0.435. The highest BCUT2D eigenvalue weighted by Gasteiger charge is 2.34. The first-order valence-electron chi connectivity index (χ1n) is 11.3. The van der Waals surface area contributed by atoms with Gasteiger partial charge in [0.05, 0.1) is 17.8 Å². The van der Waals surface area contributed by atoms with Crippen LogP contribution in [0.25, 0.3) is 10.9 Å². The number of nitroso groups, excluding NO2 is 1. The molecule has 5 rings (SSSR count). The Morgan fingerprint density at radius 3 is 2.85 bits per heavy atom. The Morgan fingerprint density at radius 2 is 2.03 bits per heavy atom. The van der Waals surface area contributed by atoms with Gasteiger partial charge in [-0.15, -0.1) is 11.3 Å². The van der Waals surface area contributed by atoms with Crippen molar-refractivity contribution in [1.82, 2.24) is 25.5 Å². The van der Waals surface area contributed by atoms with Gasteiger partial charge < -0.3 is 20.5 Å². The van der Waals surface area contributed by atoms with Crippen molar-refractivity contribution in [2.24, 2.45) is 5.18 Å². The predicted molar refractivity (Wildman–Crippen MR) is 131 cm³/mol. The van der Waals surface area contributed by atoms with E-state index in [1.54, 1.807) is 18.2 Å². The smallest absolute Gasteiger partial charge is 0.280 e. The molecule has 0 spiro atoms. The molecule has 34 heavy (non-hydrogen) atoms. The van der Waals surface area contributed by atoms with E-state index in [0.717, 1.165) is 41.0 Å². The number of thiazole rings is 1. The monoisotopic (exact) mass is 500 g/mol. The molecule has 1 saturated carbocycles. The summed E-state index contributed by atoms with van der Waals surface area (Å²) in [4.78, 5) is 48.2. The molecule has 1 aliphatic heterocycles. The van der Waals surface area contributed by atoms with E-state index in [9.17, 15) is 14.5 Å². The molecule has 0 bridgehead atoms. The summed E-state index contributed by atoms with van der Waals surface area (Å²) >= 11 is 7.47. The van der Waals surface area contributed by atoms with Crippen LogP contribution in [0.15, 0.2) is 29.4 Å². The SMILES string of the molecule is CN1CCc2nc(C(=O)N[C@@H]3CCC(N=O)C[C@@H]3NC(=O)c3cc4cc(Cl)ccc4[nH]3)sc2C1. The Morgan fingerprint density at radius 1 is 1.21 bits per heavy atom. The predicted octanol–water partition coefficient (Wildman–Crippen LogP) is 3.48. The summed E-state index contributed by atoms with van der Waals surface area (Å²) in [6.45, 7) is 1.72. The fourth-order valence-corrected chi connectivity index (χ4v) is 5.97. The van der Waals surface area contributed by atoms with Gasteiger partial charge in [-0.2, -0.15) is 4.91 Å². The van der Waals surface area contributed by atoms with Crippen molar-refractivity contribution in [3.63, 3.8) is 0 Å². The number of nitrogens with zero attached hydrogens (tertiary/aromatic N) is 3. The van der Waals surface area contributed by atoms with Crippen molar-refractivity contribution < 1.29 is 9.59 Å². The lowest BCUT2D eigenvalue weighted by atomic mass is 9.87. The van der Waals surface area contributed by atoms with Crippen molar-refractivity contribution >= 4 is 45.7 Å². The number of halogens is 1. The van der Waals surface area contributed by atoms with Crippen molar-refractivity contribution in [3.8, 4) is 0 Å². The maximum absolute atomic E-state index is 13.0. The van der Waals surface area contributed by atoms with Crippen LogP contribution in [0.3, 0.4) is 0 Å². The number of hydrogen-bond donors (Lipinski definition) is 3. The van der Waals surface area contributed by atoms with Gasteiger partial charge >= 0.3 is 0 Å². The van der Waals surface area contributed by atoms with Crippen LogP contribution >= 0.6 is 22.9 Å². The highest BCUT2D eigenvalue weighted by Crippen LogP contribution is 2.27. The zero-order chi connectivity index (χ0) is 23.8. The van der Waals surface area contributed by atoms with E-state index in [0.29, 0.717) is 35.0 Å². The van der Waals surface area contributed by atoms with E-state index >= 15 is 0 Å². The number of nitrogens with one attached hydrogen (secondary N) is 3. The second kappa shape index (κ2) is 9.44. The summed E-state index contributed by atoms with van der Waals surface area (Å²) in [5.41, 5.74) is 2.18. The molecule has 11 heteroatoms. The lowest BCUT2D eigenvalue weighted by molar-refractivity contribution is 0.0855. The highest BCUT2D eigenvalue weighted by atomic mass is 35.5. The molecular formula is C23H25ClN6O3S. The Bertz CT molecular complexity index is 1260. The topological polar surface area (TPSA) is 120 Å². The maximum Gasteiger partial charge on any atom is 0.280 e.